The number of hydrogen-bond donors (Lipinski definition) is 1. The first-order valence-electron chi connectivity index (χ1n) is 14.4. The van der Waals surface area contributed by atoms with E-state index in [1.165, 1.54) is 23.9 Å². The predicted octanol–water partition coefficient (Wildman–Crippen LogP) is 4.04. The van der Waals surface area contributed by atoms with Crippen LogP contribution in [0, 0.1) is 13.8 Å². The second-order valence-electron chi connectivity index (χ2n) is 10.8. The third kappa shape index (κ3) is 6.59. The standard InChI is InChI=1S/C33H39N5O5/c1-22-7-6-8-28(23(22)2)37-15-13-36(14-16-37)20-32(39)35-27-19-26-25(18-30(27)42-4)33(40)38(21-34-26)12-11-24-9-10-29(41-3)31(17-24)43-5/h6-10,17-19,21H,11-16,20H2,1-5H3,(H,35,39). The molecule has 4 aromatic rings. The van der Waals surface area contributed by atoms with Gasteiger partial charge in [0.25, 0.3) is 5.56 Å². The minimum Gasteiger partial charge on any atom is -0.495 e. The number of fused-ring (bicyclic) bond motifs is 1. The van der Waals surface area contributed by atoms with E-state index in [0.29, 0.717) is 46.8 Å². The number of aryl methyl sites for hydroxylation is 3. The van der Waals surface area contributed by atoms with Crippen LogP contribution in [-0.4, -0.2) is 74.4 Å². The summed E-state index contributed by atoms with van der Waals surface area (Å²) in [4.78, 5) is 35.4. The van der Waals surface area contributed by atoms with Crippen molar-refractivity contribution in [3.63, 3.8) is 0 Å². The molecular formula is C33H39N5O5. The maximum atomic E-state index is 13.3. The van der Waals surface area contributed by atoms with Crippen LogP contribution in [0.25, 0.3) is 10.9 Å². The molecule has 3 aromatic carbocycles. The van der Waals surface area contributed by atoms with Gasteiger partial charge in [-0.1, -0.05) is 18.2 Å². The molecule has 10 nitrogen and oxygen atoms in total. The zero-order valence-corrected chi connectivity index (χ0v) is 25.5. The molecule has 1 aromatic heterocycles. The first-order chi connectivity index (χ1) is 20.8. The third-order valence-corrected chi connectivity index (χ3v) is 8.16. The van der Waals surface area contributed by atoms with Gasteiger partial charge in [-0.15, -0.1) is 0 Å². The minimum absolute atomic E-state index is 0.138. The van der Waals surface area contributed by atoms with Gasteiger partial charge in [0, 0.05) is 38.4 Å². The molecule has 1 aliphatic heterocycles. The van der Waals surface area contributed by atoms with Gasteiger partial charge in [-0.25, -0.2) is 4.98 Å². The molecule has 0 radical (unpaired) electrons. The van der Waals surface area contributed by atoms with Crippen LogP contribution in [0.5, 0.6) is 17.2 Å². The van der Waals surface area contributed by atoms with Crippen LogP contribution < -0.4 is 30.0 Å². The second kappa shape index (κ2) is 13.2. The number of carbonyl (C=O) groups is 1. The molecule has 43 heavy (non-hydrogen) atoms. The first-order valence-corrected chi connectivity index (χ1v) is 14.4. The fourth-order valence-corrected chi connectivity index (χ4v) is 5.51. The number of benzene rings is 3. The predicted molar refractivity (Wildman–Crippen MR) is 169 cm³/mol. The smallest absolute Gasteiger partial charge is 0.261 e. The molecule has 1 amide bonds. The fourth-order valence-electron chi connectivity index (χ4n) is 5.51. The van der Waals surface area contributed by atoms with Crippen molar-refractivity contribution in [2.24, 2.45) is 0 Å². The molecule has 226 valence electrons. The highest BCUT2D eigenvalue weighted by atomic mass is 16.5. The van der Waals surface area contributed by atoms with E-state index in [-0.39, 0.29) is 18.0 Å². The maximum Gasteiger partial charge on any atom is 0.261 e. The quantitative estimate of drug-likeness (QED) is 0.298. The number of ether oxygens (including phenoxy) is 3. The van der Waals surface area contributed by atoms with Gasteiger partial charge in [0.2, 0.25) is 5.91 Å². The van der Waals surface area contributed by atoms with E-state index in [1.807, 2.05) is 18.2 Å². The SMILES string of the molecule is COc1cc2c(=O)n(CCc3ccc(OC)c(OC)c3)cnc2cc1NC(=O)CN1CCN(c2cccc(C)c2C)CC1. The highest BCUT2D eigenvalue weighted by Crippen LogP contribution is 2.30. The highest BCUT2D eigenvalue weighted by Gasteiger charge is 2.21. The number of aromatic nitrogens is 2. The molecule has 10 heteroatoms. The molecule has 1 aliphatic rings. The van der Waals surface area contributed by atoms with E-state index in [9.17, 15) is 9.59 Å². The van der Waals surface area contributed by atoms with Crippen molar-refractivity contribution in [2.75, 3.05) is 64.3 Å². The Labute approximate surface area is 251 Å². The number of amides is 1. The number of piperazine rings is 1. The first kappa shape index (κ1) is 29.9. The van der Waals surface area contributed by atoms with Crippen LogP contribution in [0.15, 0.2) is 59.7 Å². The van der Waals surface area contributed by atoms with E-state index in [1.54, 1.807) is 37.2 Å². The summed E-state index contributed by atoms with van der Waals surface area (Å²) in [6, 6.07) is 15.4. The fraction of sp³-hybridized carbons (Fsp3) is 0.364. The summed E-state index contributed by atoms with van der Waals surface area (Å²) in [7, 11) is 4.71. The number of hydrogen-bond acceptors (Lipinski definition) is 8. The van der Waals surface area contributed by atoms with Gasteiger partial charge in [-0.2, -0.15) is 0 Å². The Morgan fingerprint density at radius 1 is 0.907 bits per heavy atom. The Morgan fingerprint density at radius 2 is 1.65 bits per heavy atom. The van der Waals surface area contributed by atoms with Crippen molar-refractivity contribution in [1.29, 1.82) is 0 Å². The summed E-state index contributed by atoms with van der Waals surface area (Å²) < 4.78 is 17.8. The van der Waals surface area contributed by atoms with Gasteiger partial charge in [0.15, 0.2) is 11.5 Å². The number of carbonyl (C=O) groups excluding carboxylic acids is 1. The van der Waals surface area contributed by atoms with Gasteiger partial charge in [-0.3, -0.25) is 19.1 Å². The average Bonchev–Trinajstić information content (AvgIpc) is 3.02. The van der Waals surface area contributed by atoms with Crippen LogP contribution in [0.4, 0.5) is 11.4 Å². The van der Waals surface area contributed by atoms with Crippen LogP contribution >= 0.6 is 0 Å². The third-order valence-electron chi connectivity index (χ3n) is 8.16. The summed E-state index contributed by atoms with van der Waals surface area (Å²) in [5.41, 5.74) is 5.66. The van der Waals surface area contributed by atoms with Crippen molar-refractivity contribution in [2.45, 2.75) is 26.8 Å². The normalized spacial score (nSPS) is 13.7. The number of methoxy groups -OCH3 is 3. The topological polar surface area (TPSA) is 98.2 Å². The van der Waals surface area contributed by atoms with Crippen molar-refractivity contribution in [3.8, 4) is 17.2 Å². The largest absolute Gasteiger partial charge is 0.495 e. The van der Waals surface area contributed by atoms with Crippen molar-refractivity contribution >= 4 is 28.2 Å². The molecule has 0 spiro atoms. The molecule has 2 heterocycles. The monoisotopic (exact) mass is 585 g/mol. The molecular weight excluding hydrogens is 546 g/mol. The van der Waals surface area contributed by atoms with E-state index in [0.717, 1.165) is 31.7 Å². The molecule has 1 saturated heterocycles. The van der Waals surface area contributed by atoms with Gasteiger partial charge in [-0.05, 0) is 67.3 Å². The minimum atomic E-state index is -0.177. The van der Waals surface area contributed by atoms with Gasteiger partial charge < -0.3 is 24.4 Å². The van der Waals surface area contributed by atoms with Crippen LogP contribution in [0.1, 0.15) is 16.7 Å². The van der Waals surface area contributed by atoms with Gasteiger partial charge in [0.05, 0.1) is 50.8 Å². The molecule has 0 unspecified atom stereocenters. The molecule has 0 bridgehead atoms. The highest BCUT2D eigenvalue weighted by molar-refractivity contribution is 5.96. The zero-order valence-electron chi connectivity index (χ0n) is 25.5. The lowest BCUT2D eigenvalue weighted by Gasteiger charge is -2.36. The number of nitrogens with zero attached hydrogens (tertiary/aromatic N) is 4. The summed E-state index contributed by atoms with van der Waals surface area (Å²) in [5.74, 6) is 1.57. The number of anilines is 2. The van der Waals surface area contributed by atoms with Crippen LogP contribution in [0.2, 0.25) is 0 Å². The maximum absolute atomic E-state index is 13.3. The van der Waals surface area contributed by atoms with Crippen molar-refractivity contribution < 1.29 is 19.0 Å². The summed E-state index contributed by atoms with van der Waals surface area (Å²) in [5, 5.41) is 3.39. The summed E-state index contributed by atoms with van der Waals surface area (Å²) in [6.07, 6.45) is 2.15. The van der Waals surface area contributed by atoms with Crippen molar-refractivity contribution in [1.82, 2.24) is 14.5 Å². The number of rotatable bonds is 10. The van der Waals surface area contributed by atoms with Crippen molar-refractivity contribution in [3.05, 3.63) is 81.9 Å². The molecule has 0 atom stereocenters. The summed E-state index contributed by atoms with van der Waals surface area (Å²) >= 11 is 0. The van der Waals surface area contributed by atoms with Crippen LogP contribution in [-0.2, 0) is 17.8 Å². The molecule has 1 fully saturated rings. The Balaban J connectivity index is 1.23. The van der Waals surface area contributed by atoms with E-state index < -0.39 is 0 Å². The van der Waals surface area contributed by atoms with Crippen LogP contribution in [0.3, 0.4) is 0 Å². The molecule has 5 rings (SSSR count). The zero-order chi connectivity index (χ0) is 30.5. The van der Waals surface area contributed by atoms with Gasteiger partial charge in [0.1, 0.15) is 5.75 Å². The Bertz CT molecular complexity index is 1680. The Morgan fingerprint density at radius 3 is 2.37 bits per heavy atom. The lowest BCUT2D eigenvalue weighted by atomic mass is 10.1. The lowest BCUT2D eigenvalue weighted by Crippen LogP contribution is -2.48. The average molecular weight is 586 g/mol. The molecule has 0 aliphatic carbocycles. The lowest BCUT2D eigenvalue weighted by molar-refractivity contribution is -0.117. The van der Waals surface area contributed by atoms with Gasteiger partial charge >= 0.3 is 0 Å². The molecule has 1 N–H and O–H groups in total. The van der Waals surface area contributed by atoms with E-state index in [2.05, 4.69) is 52.1 Å². The summed E-state index contributed by atoms with van der Waals surface area (Å²) in [6.45, 7) is 8.30. The van der Waals surface area contributed by atoms with E-state index in [4.69, 9.17) is 14.2 Å². The Kier molecular flexibility index (Phi) is 9.16. The number of nitrogens with one attached hydrogen (secondary N) is 1. The van der Waals surface area contributed by atoms with E-state index >= 15 is 0 Å². The molecule has 0 saturated carbocycles. The Hall–Kier alpha value is -4.57. The second-order valence-corrected chi connectivity index (χ2v) is 10.8.